The highest BCUT2D eigenvalue weighted by molar-refractivity contribution is 6.36. The minimum atomic E-state index is -2.20. The van der Waals surface area contributed by atoms with Crippen molar-refractivity contribution in [3.8, 4) is 0 Å². The predicted molar refractivity (Wildman–Crippen MR) is 125 cm³/mol. The Kier molecular flexibility index (Phi) is 4.86. The lowest BCUT2D eigenvalue weighted by Gasteiger charge is -2.39. The summed E-state index contributed by atoms with van der Waals surface area (Å²) in [7, 11) is 0. The number of carbonyl (C=O) groups excluding carboxylic acids is 1. The average molecular weight is 418 g/mol. The van der Waals surface area contributed by atoms with Crippen LogP contribution in [0.2, 0.25) is 0 Å². The van der Waals surface area contributed by atoms with Gasteiger partial charge in [-0.2, -0.15) is 0 Å². The van der Waals surface area contributed by atoms with Gasteiger partial charge in [-0.25, -0.2) is 0 Å². The van der Waals surface area contributed by atoms with E-state index in [1.807, 2.05) is 72.8 Å². The van der Waals surface area contributed by atoms with Crippen LogP contribution in [0.5, 0.6) is 0 Å². The van der Waals surface area contributed by atoms with Crippen LogP contribution in [0.1, 0.15) is 22.3 Å². The molecule has 3 nitrogen and oxygen atoms in total. The van der Waals surface area contributed by atoms with E-state index >= 15 is 0 Å². The van der Waals surface area contributed by atoms with Gasteiger partial charge in [0.2, 0.25) is 5.78 Å². The van der Waals surface area contributed by atoms with Crippen molar-refractivity contribution >= 4 is 16.9 Å². The zero-order chi connectivity index (χ0) is 22.2. The van der Waals surface area contributed by atoms with Crippen molar-refractivity contribution in [3.63, 3.8) is 0 Å². The summed E-state index contributed by atoms with van der Waals surface area (Å²) in [5.74, 6) is -0.528. The lowest BCUT2D eigenvalue weighted by atomic mass is 9.71. The van der Waals surface area contributed by atoms with Gasteiger partial charge in [-0.15, -0.1) is 0 Å². The first-order valence-electron chi connectivity index (χ1n) is 10.5. The first-order chi connectivity index (χ1) is 15.6. The molecule has 1 aliphatic rings. The van der Waals surface area contributed by atoms with Crippen molar-refractivity contribution < 1.29 is 15.0 Å². The maximum Gasteiger partial charge on any atom is 0.203 e. The quantitative estimate of drug-likeness (QED) is 0.493. The van der Waals surface area contributed by atoms with Crippen molar-refractivity contribution in [2.45, 2.75) is 11.2 Å². The molecule has 0 fully saturated rings. The summed E-state index contributed by atoms with van der Waals surface area (Å²) < 4.78 is 0. The van der Waals surface area contributed by atoms with E-state index in [1.165, 1.54) is 0 Å². The van der Waals surface area contributed by atoms with Crippen molar-refractivity contribution in [2.75, 3.05) is 0 Å². The Balaban J connectivity index is 1.93. The molecule has 4 aromatic carbocycles. The summed E-state index contributed by atoms with van der Waals surface area (Å²) in [6.45, 7) is 0. The fourth-order valence-electron chi connectivity index (χ4n) is 4.71. The smallest absolute Gasteiger partial charge is 0.203 e. The fraction of sp³-hybridized carbons (Fsp3) is 0.0690. The molecular weight excluding hydrogens is 396 g/mol. The molecule has 0 aromatic heterocycles. The number of carbonyl (C=O) groups is 1. The Bertz CT molecular complexity index is 1280. The Morgan fingerprint density at radius 2 is 0.844 bits per heavy atom. The van der Waals surface area contributed by atoms with Crippen LogP contribution >= 0.6 is 0 Å². The van der Waals surface area contributed by atoms with Gasteiger partial charge in [0.05, 0.1) is 0 Å². The molecule has 0 saturated heterocycles. The van der Waals surface area contributed by atoms with Gasteiger partial charge < -0.3 is 10.2 Å². The van der Waals surface area contributed by atoms with Gasteiger partial charge in [0, 0.05) is 11.1 Å². The van der Waals surface area contributed by atoms with E-state index in [0.717, 1.165) is 0 Å². The summed E-state index contributed by atoms with van der Waals surface area (Å²) in [5, 5.41) is 24.7. The second-order valence-corrected chi connectivity index (χ2v) is 7.96. The SMILES string of the molecule is O=C1C(c2ccccc2)=C(c2ccccc2)[C@@](O)(c2ccccc2)[C@]1(O)c1ccccc1. The monoisotopic (exact) mass is 418 g/mol. The van der Waals surface area contributed by atoms with Gasteiger partial charge in [-0.1, -0.05) is 121 Å². The Hall–Kier alpha value is -3.79. The van der Waals surface area contributed by atoms with Crippen LogP contribution in [0.25, 0.3) is 11.1 Å². The Morgan fingerprint density at radius 1 is 0.469 bits per heavy atom. The number of ketones is 1. The first-order valence-corrected chi connectivity index (χ1v) is 10.5. The maximum absolute atomic E-state index is 14.1. The number of hydrogen-bond donors (Lipinski definition) is 2. The largest absolute Gasteiger partial charge is 0.376 e. The van der Waals surface area contributed by atoms with E-state index in [9.17, 15) is 15.0 Å². The average Bonchev–Trinajstić information content (AvgIpc) is 3.06. The molecule has 0 aliphatic heterocycles. The third-order valence-corrected chi connectivity index (χ3v) is 6.20. The minimum Gasteiger partial charge on any atom is -0.376 e. The second kappa shape index (κ2) is 7.72. The van der Waals surface area contributed by atoms with Crippen LogP contribution in [0, 0.1) is 0 Å². The highest BCUT2D eigenvalue weighted by Gasteiger charge is 2.65. The standard InChI is InChI=1S/C29H22O3/c30-27-25(21-13-5-1-6-14-21)26(22-15-7-2-8-16-22)28(31,23-17-9-3-10-18-23)29(27,32)24-19-11-4-12-20-24/h1-20,31-32H/t28-,29-/m0/s1. The topological polar surface area (TPSA) is 57.5 Å². The molecule has 4 aromatic rings. The molecule has 156 valence electrons. The van der Waals surface area contributed by atoms with Gasteiger partial charge in [0.25, 0.3) is 0 Å². The third-order valence-electron chi connectivity index (χ3n) is 6.20. The van der Waals surface area contributed by atoms with Crippen LogP contribution in [0.4, 0.5) is 0 Å². The van der Waals surface area contributed by atoms with E-state index in [0.29, 0.717) is 33.4 Å². The van der Waals surface area contributed by atoms with E-state index in [1.54, 1.807) is 48.5 Å². The molecule has 0 unspecified atom stereocenters. The molecule has 2 atom stereocenters. The third kappa shape index (κ3) is 2.79. The molecule has 0 saturated carbocycles. The molecule has 5 rings (SSSR count). The molecule has 0 heterocycles. The van der Waals surface area contributed by atoms with Gasteiger partial charge >= 0.3 is 0 Å². The van der Waals surface area contributed by atoms with E-state index in [2.05, 4.69) is 0 Å². The van der Waals surface area contributed by atoms with Crippen molar-refractivity contribution in [2.24, 2.45) is 0 Å². The summed E-state index contributed by atoms with van der Waals surface area (Å²) in [5.41, 5.74) is -1.37. The molecule has 3 heteroatoms. The van der Waals surface area contributed by atoms with Crippen molar-refractivity contribution in [1.29, 1.82) is 0 Å². The van der Waals surface area contributed by atoms with Crippen LogP contribution in [0.15, 0.2) is 121 Å². The minimum absolute atomic E-state index is 0.314. The summed E-state index contributed by atoms with van der Waals surface area (Å²) in [4.78, 5) is 14.1. The number of aliphatic hydroxyl groups is 2. The Labute approximate surface area is 186 Å². The van der Waals surface area contributed by atoms with Crippen LogP contribution < -0.4 is 0 Å². The van der Waals surface area contributed by atoms with Gasteiger partial charge in [-0.05, 0) is 22.3 Å². The van der Waals surface area contributed by atoms with Crippen molar-refractivity contribution in [1.82, 2.24) is 0 Å². The fourth-order valence-corrected chi connectivity index (χ4v) is 4.71. The summed E-state index contributed by atoms with van der Waals surface area (Å²) >= 11 is 0. The zero-order valence-electron chi connectivity index (χ0n) is 17.3. The van der Waals surface area contributed by atoms with E-state index in [4.69, 9.17) is 0 Å². The molecule has 0 amide bonds. The predicted octanol–water partition coefficient (Wildman–Crippen LogP) is 4.96. The number of rotatable bonds is 4. The van der Waals surface area contributed by atoms with Crippen LogP contribution in [-0.2, 0) is 16.0 Å². The molecule has 0 spiro atoms. The highest BCUT2D eigenvalue weighted by Crippen LogP contribution is 2.59. The first kappa shape index (κ1) is 20.1. The van der Waals surface area contributed by atoms with Crippen LogP contribution in [0.3, 0.4) is 0 Å². The zero-order valence-corrected chi connectivity index (χ0v) is 17.3. The summed E-state index contributed by atoms with van der Waals surface area (Å²) in [6.07, 6.45) is 0. The molecule has 0 radical (unpaired) electrons. The highest BCUT2D eigenvalue weighted by atomic mass is 16.4. The maximum atomic E-state index is 14.1. The lowest BCUT2D eigenvalue weighted by Crippen LogP contribution is -2.51. The molecule has 0 bridgehead atoms. The van der Waals surface area contributed by atoms with Gasteiger partial charge in [0.15, 0.2) is 11.2 Å². The number of benzene rings is 4. The Morgan fingerprint density at radius 3 is 1.31 bits per heavy atom. The lowest BCUT2D eigenvalue weighted by molar-refractivity contribution is -0.156. The summed E-state index contributed by atoms with van der Waals surface area (Å²) in [6, 6.07) is 36.2. The normalized spacial score (nSPS) is 22.9. The van der Waals surface area contributed by atoms with Crippen LogP contribution in [-0.4, -0.2) is 16.0 Å². The molecule has 2 N–H and O–H groups in total. The van der Waals surface area contributed by atoms with E-state index in [-0.39, 0.29) is 0 Å². The molecule has 1 aliphatic carbocycles. The van der Waals surface area contributed by atoms with E-state index < -0.39 is 17.0 Å². The number of Topliss-reactive ketones (excluding diaryl/α,β-unsaturated/α-hetero) is 1. The van der Waals surface area contributed by atoms with Gasteiger partial charge in [0.1, 0.15) is 0 Å². The van der Waals surface area contributed by atoms with Gasteiger partial charge in [-0.3, -0.25) is 4.79 Å². The molecular formula is C29H22O3. The second-order valence-electron chi connectivity index (χ2n) is 7.96. The van der Waals surface area contributed by atoms with Crippen molar-refractivity contribution in [3.05, 3.63) is 144 Å². The number of hydrogen-bond acceptors (Lipinski definition) is 3. The molecule has 32 heavy (non-hydrogen) atoms.